The lowest BCUT2D eigenvalue weighted by atomic mass is 10.1. The summed E-state index contributed by atoms with van der Waals surface area (Å²) in [5, 5.41) is 9.45. The first kappa shape index (κ1) is 12.4. The van der Waals surface area contributed by atoms with Gasteiger partial charge in [-0.05, 0) is 30.7 Å². The van der Waals surface area contributed by atoms with Gasteiger partial charge in [-0.1, -0.05) is 0 Å². The Balaban J connectivity index is 2.21. The van der Waals surface area contributed by atoms with Crippen LogP contribution in [0.1, 0.15) is 12.0 Å². The molecular weight excluding hydrogens is 234 g/mol. The Labute approximate surface area is 105 Å². The van der Waals surface area contributed by atoms with Gasteiger partial charge in [-0.2, -0.15) is 0 Å². The minimum absolute atomic E-state index is 0.101. The highest BCUT2D eigenvalue weighted by Crippen LogP contribution is 2.29. The molecule has 1 aliphatic heterocycles. The van der Waals surface area contributed by atoms with E-state index in [4.69, 9.17) is 0 Å². The van der Waals surface area contributed by atoms with Gasteiger partial charge in [0, 0.05) is 18.7 Å². The largest absolute Gasteiger partial charge is 0.508 e. The van der Waals surface area contributed by atoms with Crippen molar-refractivity contribution in [2.75, 3.05) is 18.6 Å². The monoisotopic (exact) mass is 249 g/mol. The first-order valence-electron chi connectivity index (χ1n) is 5.70. The SMILES string of the molecule is COC(=O)C1CC(=O)N(c2ccc(O)c(C)c2)C1. The van der Waals surface area contributed by atoms with E-state index in [9.17, 15) is 14.7 Å². The van der Waals surface area contributed by atoms with E-state index >= 15 is 0 Å². The van der Waals surface area contributed by atoms with Gasteiger partial charge in [-0.15, -0.1) is 0 Å². The van der Waals surface area contributed by atoms with E-state index in [1.54, 1.807) is 30.0 Å². The van der Waals surface area contributed by atoms with Crippen LogP contribution in [0.25, 0.3) is 0 Å². The summed E-state index contributed by atoms with van der Waals surface area (Å²) in [7, 11) is 1.32. The van der Waals surface area contributed by atoms with Gasteiger partial charge < -0.3 is 14.7 Å². The molecular formula is C13H15NO4. The van der Waals surface area contributed by atoms with E-state index in [0.717, 1.165) is 0 Å². The Kier molecular flexibility index (Phi) is 3.23. The Hall–Kier alpha value is -2.04. The van der Waals surface area contributed by atoms with Crippen LogP contribution in [0.5, 0.6) is 5.75 Å². The molecule has 5 nitrogen and oxygen atoms in total. The van der Waals surface area contributed by atoms with Gasteiger partial charge in [-0.3, -0.25) is 9.59 Å². The van der Waals surface area contributed by atoms with Crippen LogP contribution >= 0.6 is 0 Å². The first-order valence-corrected chi connectivity index (χ1v) is 5.70. The molecule has 1 aromatic carbocycles. The summed E-state index contributed by atoms with van der Waals surface area (Å²) >= 11 is 0. The third-order valence-corrected chi connectivity index (χ3v) is 3.15. The second-order valence-electron chi connectivity index (χ2n) is 4.40. The van der Waals surface area contributed by atoms with Crippen molar-refractivity contribution in [3.05, 3.63) is 23.8 Å². The van der Waals surface area contributed by atoms with Gasteiger partial charge >= 0.3 is 5.97 Å². The molecule has 1 fully saturated rings. The Morgan fingerprint density at radius 1 is 1.50 bits per heavy atom. The third kappa shape index (κ3) is 2.16. The minimum atomic E-state index is -0.406. The molecule has 5 heteroatoms. The Morgan fingerprint density at radius 3 is 2.83 bits per heavy atom. The summed E-state index contributed by atoms with van der Waals surface area (Å²) in [4.78, 5) is 24.8. The molecule has 0 bridgehead atoms. The molecule has 1 aromatic rings. The molecule has 1 saturated heterocycles. The van der Waals surface area contributed by atoms with E-state index in [0.29, 0.717) is 17.8 Å². The average molecular weight is 249 g/mol. The van der Waals surface area contributed by atoms with E-state index in [1.807, 2.05) is 0 Å². The van der Waals surface area contributed by atoms with Crippen molar-refractivity contribution in [3.63, 3.8) is 0 Å². The van der Waals surface area contributed by atoms with Crippen LogP contribution in [-0.4, -0.2) is 30.6 Å². The number of carbonyl (C=O) groups is 2. The number of esters is 1. The third-order valence-electron chi connectivity index (χ3n) is 3.15. The van der Waals surface area contributed by atoms with Crippen molar-refractivity contribution < 1.29 is 19.4 Å². The number of anilines is 1. The number of amides is 1. The predicted octanol–water partition coefficient (Wildman–Crippen LogP) is 1.23. The summed E-state index contributed by atoms with van der Waals surface area (Å²) in [6.45, 7) is 2.09. The molecule has 1 N–H and O–H groups in total. The number of aryl methyl sites for hydroxylation is 1. The molecule has 1 heterocycles. The van der Waals surface area contributed by atoms with Crippen LogP contribution in [0.15, 0.2) is 18.2 Å². The predicted molar refractivity (Wildman–Crippen MR) is 65.3 cm³/mol. The molecule has 0 saturated carbocycles. The number of methoxy groups -OCH3 is 1. The van der Waals surface area contributed by atoms with E-state index < -0.39 is 5.92 Å². The lowest BCUT2D eigenvalue weighted by Gasteiger charge is -2.17. The zero-order valence-corrected chi connectivity index (χ0v) is 10.3. The number of rotatable bonds is 2. The van der Waals surface area contributed by atoms with Crippen LogP contribution in [0.3, 0.4) is 0 Å². The van der Waals surface area contributed by atoms with Crippen LogP contribution < -0.4 is 4.90 Å². The molecule has 0 aromatic heterocycles. The molecule has 18 heavy (non-hydrogen) atoms. The smallest absolute Gasteiger partial charge is 0.311 e. The summed E-state index contributed by atoms with van der Waals surface area (Å²) in [5.74, 6) is -0.677. The molecule has 0 aliphatic carbocycles. The fraction of sp³-hybridized carbons (Fsp3) is 0.385. The van der Waals surface area contributed by atoms with Crippen LogP contribution in [0.4, 0.5) is 5.69 Å². The molecule has 2 rings (SSSR count). The lowest BCUT2D eigenvalue weighted by molar-refractivity contribution is -0.145. The number of hydrogen-bond donors (Lipinski definition) is 1. The molecule has 96 valence electrons. The normalized spacial score (nSPS) is 19.1. The highest BCUT2D eigenvalue weighted by atomic mass is 16.5. The van der Waals surface area contributed by atoms with Crippen molar-refractivity contribution in [2.45, 2.75) is 13.3 Å². The van der Waals surface area contributed by atoms with Crippen LogP contribution in [0, 0.1) is 12.8 Å². The zero-order chi connectivity index (χ0) is 13.3. The quantitative estimate of drug-likeness (QED) is 0.800. The number of carbonyl (C=O) groups excluding carboxylic acids is 2. The Morgan fingerprint density at radius 2 is 2.22 bits per heavy atom. The molecule has 1 amide bonds. The van der Waals surface area contributed by atoms with E-state index in [1.165, 1.54) is 7.11 Å². The number of benzene rings is 1. The van der Waals surface area contributed by atoms with Crippen molar-refractivity contribution in [1.82, 2.24) is 0 Å². The maximum Gasteiger partial charge on any atom is 0.311 e. The fourth-order valence-corrected chi connectivity index (χ4v) is 2.09. The van der Waals surface area contributed by atoms with Gasteiger partial charge in [-0.25, -0.2) is 0 Å². The number of nitrogens with zero attached hydrogens (tertiary/aromatic N) is 1. The fourth-order valence-electron chi connectivity index (χ4n) is 2.09. The molecule has 1 atom stereocenters. The second kappa shape index (κ2) is 4.68. The van der Waals surface area contributed by atoms with Crippen molar-refractivity contribution in [2.24, 2.45) is 5.92 Å². The molecule has 0 radical (unpaired) electrons. The first-order chi connectivity index (χ1) is 8.52. The van der Waals surface area contributed by atoms with Gasteiger partial charge in [0.2, 0.25) is 5.91 Å². The summed E-state index contributed by atoms with van der Waals surface area (Å²) in [6.07, 6.45) is 0.173. The van der Waals surface area contributed by atoms with Gasteiger partial charge in [0.15, 0.2) is 0 Å². The second-order valence-corrected chi connectivity index (χ2v) is 4.40. The highest BCUT2D eigenvalue weighted by molar-refractivity contribution is 5.99. The topological polar surface area (TPSA) is 66.8 Å². The molecule has 1 aliphatic rings. The van der Waals surface area contributed by atoms with Crippen LogP contribution in [-0.2, 0) is 14.3 Å². The van der Waals surface area contributed by atoms with Crippen molar-refractivity contribution in [3.8, 4) is 5.75 Å². The molecule has 0 spiro atoms. The Bertz CT molecular complexity index is 498. The van der Waals surface area contributed by atoms with Gasteiger partial charge in [0.05, 0.1) is 13.0 Å². The number of phenolic OH excluding ortho intramolecular Hbond substituents is 1. The minimum Gasteiger partial charge on any atom is -0.508 e. The number of ether oxygens (including phenoxy) is 1. The average Bonchev–Trinajstić information content (AvgIpc) is 2.74. The molecule has 1 unspecified atom stereocenters. The summed E-state index contributed by atoms with van der Waals surface area (Å²) in [5.41, 5.74) is 1.39. The zero-order valence-electron chi connectivity index (χ0n) is 10.3. The standard InChI is InChI=1S/C13H15NO4/c1-8-5-10(3-4-11(8)15)14-7-9(6-12(14)16)13(17)18-2/h3-5,9,15H,6-7H2,1-2H3. The lowest BCUT2D eigenvalue weighted by Crippen LogP contribution is -2.26. The number of phenols is 1. The van der Waals surface area contributed by atoms with Crippen molar-refractivity contribution in [1.29, 1.82) is 0 Å². The van der Waals surface area contributed by atoms with Crippen LogP contribution in [0.2, 0.25) is 0 Å². The van der Waals surface area contributed by atoms with E-state index in [2.05, 4.69) is 4.74 Å². The van der Waals surface area contributed by atoms with Crippen molar-refractivity contribution >= 4 is 17.6 Å². The summed E-state index contributed by atoms with van der Waals surface area (Å²) in [6, 6.07) is 4.94. The van der Waals surface area contributed by atoms with Gasteiger partial charge in [0.1, 0.15) is 5.75 Å². The van der Waals surface area contributed by atoms with E-state index in [-0.39, 0.29) is 24.0 Å². The van der Waals surface area contributed by atoms with Gasteiger partial charge in [0.25, 0.3) is 0 Å². The number of aromatic hydroxyl groups is 1. The summed E-state index contributed by atoms with van der Waals surface area (Å²) < 4.78 is 4.65. The maximum atomic E-state index is 11.9. The number of hydrogen-bond acceptors (Lipinski definition) is 4. The maximum absolute atomic E-state index is 11.9. The highest BCUT2D eigenvalue weighted by Gasteiger charge is 2.35.